The second-order valence-electron chi connectivity index (χ2n) is 7.52. The summed E-state index contributed by atoms with van der Waals surface area (Å²) < 4.78 is 0. The quantitative estimate of drug-likeness (QED) is 0.712. The molecule has 0 aliphatic carbocycles. The van der Waals surface area contributed by atoms with E-state index in [-0.39, 0.29) is 5.91 Å². The zero-order chi connectivity index (χ0) is 18.2. The van der Waals surface area contributed by atoms with E-state index in [1.807, 2.05) is 47.3 Å². The van der Waals surface area contributed by atoms with E-state index in [2.05, 4.69) is 27.2 Å². The molecule has 3 heterocycles. The lowest BCUT2D eigenvalue weighted by Crippen LogP contribution is -2.47. The maximum Gasteiger partial charge on any atom is 0.254 e. The molecule has 0 radical (unpaired) electrons. The van der Waals surface area contributed by atoms with Crippen LogP contribution < -0.4 is 0 Å². The predicted octanol–water partition coefficient (Wildman–Crippen LogP) is 3.95. The van der Waals surface area contributed by atoms with Crippen molar-refractivity contribution in [1.29, 1.82) is 0 Å². The van der Waals surface area contributed by atoms with E-state index in [1.54, 1.807) is 12.4 Å². The average molecular weight is 358 g/mol. The Morgan fingerprint density at radius 2 is 1.37 bits per heavy atom. The summed E-state index contributed by atoms with van der Waals surface area (Å²) in [7, 11) is 0. The van der Waals surface area contributed by atoms with Crippen molar-refractivity contribution in [2.24, 2.45) is 0 Å². The standard InChI is InChI=1S/C22H22N4O/c27-22(18-8-6-17(7-9-18)16-4-2-1-3-5-16)25-19-10-11-20(25)15-21(14-19)26-23-12-13-24-26/h1-9,12-13,19-21H,10-11,14-15H2. The van der Waals surface area contributed by atoms with Gasteiger partial charge in [0, 0.05) is 17.6 Å². The fourth-order valence-corrected chi connectivity index (χ4v) is 4.67. The van der Waals surface area contributed by atoms with Crippen molar-refractivity contribution in [3.05, 3.63) is 72.6 Å². The molecule has 2 aliphatic rings. The molecule has 2 fully saturated rings. The average Bonchev–Trinajstić information content (AvgIpc) is 3.35. The zero-order valence-corrected chi connectivity index (χ0v) is 15.1. The number of nitrogens with zero attached hydrogens (tertiary/aromatic N) is 4. The predicted molar refractivity (Wildman–Crippen MR) is 103 cm³/mol. The Bertz CT molecular complexity index is 907. The van der Waals surface area contributed by atoms with Gasteiger partial charge in [-0.05, 0) is 48.9 Å². The molecule has 1 amide bonds. The number of rotatable bonds is 3. The molecule has 3 aromatic rings. The number of hydrogen-bond donors (Lipinski definition) is 0. The van der Waals surface area contributed by atoms with Crippen molar-refractivity contribution >= 4 is 5.91 Å². The summed E-state index contributed by atoms with van der Waals surface area (Å²) in [5.74, 6) is 0.161. The molecule has 1 aromatic heterocycles. The van der Waals surface area contributed by atoms with Crippen LogP contribution in [0.15, 0.2) is 67.0 Å². The highest BCUT2D eigenvalue weighted by Crippen LogP contribution is 2.41. The monoisotopic (exact) mass is 358 g/mol. The zero-order valence-electron chi connectivity index (χ0n) is 15.1. The molecular weight excluding hydrogens is 336 g/mol. The van der Waals surface area contributed by atoms with Gasteiger partial charge in [-0.25, -0.2) is 0 Å². The van der Waals surface area contributed by atoms with Crippen molar-refractivity contribution in [3.8, 4) is 11.1 Å². The summed E-state index contributed by atoms with van der Waals surface area (Å²) in [4.78, 5) is 17.1. The molecule has 2 unspecified atom stereocenters. The molecule has 2 aromatic carbocycles. The number of hydrogen-bond acceptors (Lipinski definition) is 3. The number of benzene rings is 2. The van der Waals surface area contributed by atoms with Gasteiger partial charge in [-0.3, -0.25) is 4.79 Å². The number of carbonyl (C=O) groups is 1. The van der Waals surface area contributed by atoms with Crippen LogP contribution in [0.5, 0.6) is 0 Å². The first kappa shape index (κ1) is 16.2. The SMILES string of the molecule is O=C(c1ccc(-c2ccccc2)cc1)N1C2CCC1CC(n1nccn1)C2. The third kappa shape index (κ3) is 2.93. The minimum atomic E-state index is 0.161. The van der Waals surface area contributed by atoms with Crippen LogP contribution in [0.2, 0.25) is 0 Å². The highest BCUT2D eigenvalue weighted by Gasteiger charge is 2.44. The maximum absolute atomic E-state index is 13.2. The van der Waals surface area contributed by atoms with Crippen LogP contribution in [0.3, 0.4) is 0 Å². The van der Waals surface area contributed by atoms with Gasteiger partial charge < -0.3 is 4.90 Å². The van der Waals surface area contributed by atoms with E-state index in [0.717, 1.165) is 36.8 Å². The number of amides is 1. The Labute approximate surface area is 158 Å². The van der Waals surface area contributed by atoms with Gasteiger partial charge in [-0.1, -0.05) is 42.5 Å². The highest BCUT2D eigenvalue weighted by atomic mass is 16.2. The van der Waals surface area contributed by atoms with Crippen LogP contribution >= 0.6 is 0 Å². The summed E-state index contributed by atoms with van der Waals surface area (Å²) >= 11 is 0. The van der Waals surface area contributed by atoms with Gasteiger partial charge >= 0.3 is 0 Å². The lowest BCUT2D eigenvalue weighted by Gasteiger charge is -2.38. The summed E-state index contributed by atoms with van der Waals surface area (Å²) in [6.07, 6.45) is 7.51. The number of piperidine rings is 1. The second-order valence-corrected chi connectivity index (χ2v) is 7.52. The molecule has 0 spiro atoms. The number of fused-ring (bicyclic) bond motifs is 2. The van der Waals surface area contributed by atoms with Gasteiger partial charge in [0.05, 0.1) is 18.4 Å². The summed E-state index contributed by atoms with van der Waals surface area (Å²) in [5.41, 5.74) is 3.09. The van der Waals surface area contributed by atoms with Crippen molar-refractivity contribution in [2.75, 3.05) is 0 Å². The van der Waals surface area contributed by atoms with Crippen LogP contribution in [0.4, 0.5) is 0 Å². The Balaban J connectivity index is 1.34. The van der Waals surface area contributed by atoms with Crippen molar-refractivity contribution < 1.29 is 4.79 Å². The van der Waals surface area contributed by atoms with E-state index in [4.69, 9.17) is 0 Å². The first-order valence-electron chi connectivity index (χ1n) is 9.63. The smallest absolute Gasteiger partial charge is 0.254 e. The van der Waals surface area contributed by atoms with E-state index < -0.39 is 0 Å². The Hall–Kier alpha value is -2.95. The molecular formula is C22H22N4O. The first-order valence-corrected chi connectivity index (χ1v) is 9.63. The van der Waals surface area contributed by atoms with Crippen molar-refractivity contribution in [2.45, 2.75) is 43.8 Å². The maximum atomic E-state index is 13.2. The van der Waals surface area contributed by atoms with Gasteiger partial charge in [-0.2, -0.15) is 15.0 Å². The first-order chi connectivity index (χ1) is 13.3. The Morgan fingerprint density at radius 1 is 0.778 bits per heavy atom. The molecule has 0 saturated carbocycles. The van der Waals surface area contributed by atoms with Crippen molar-refractivity contribution in [1.82, 2.24) is 19.9 Å². The van der Waals surface area contributed by atoms with Crippen LogP contribution in [0.25, 0.3) is 11.1 Å². The van der Waals surface area contributed by atoms with E-state index in [9.17, 15) is 4.79 Å². The van der Waals surface area contributed by atoms with Crippen molar-refractivity contribution in [3.63, 3.8) is 0 Å². The Morgan fingerprint density at radius 3 is 2.00 bits per heavy atom. The number of carbonyl (C=O) groups excluding carboxylic acids is 1. The van der Waals surface area contributed by atoms with Crippen LogP contribution in [0, 0.1) is 0 Å². The fourth-order valence-electron chi connectivity index (χ4n) is 4.67. The van der Waals surface area contributed by atoms with Crippen LogP contribution in [-0.2, 0) is 0 Å². The molecule has 5 rings (SSSR count). The second kappa shape index (κ2) is 6.65. The summed E-state index contributed by atoms with van der Waals surface area (Å²) in [5, 5.41) is 8.61. The third-order valence-corrected chi connectivity index (χ3v) is 5.94. The normalized spacial score (nSPS) is 24.1. The van der Waals surface area contributed by atoms with Crippen LogP contribution in [-0.4, -0.2) is 37.9 Å². The van der Waals surface area contributed by atoms with Crippen LogP contribution in [0.1, 0.15) is 42.1 Å². The lowest BCUT2D eigenvalue weighted by atomic mass is 9.96. The largest absolute Gasteiger partial charge is 0.333 e. The molecule has 2 bridgehead atoms. The molecule has 2 aliphatic heterocycles. The molecule has 5 nitrogen and oxygen atoms in total. The molecule has 2 atom stereocenters. The van der Waals surface area contributed by atoms with Gasteiger partial charge in [0.1, 0.15) is 0 Å². The Kier molecular flexibility index (Phi) is 4.00. The van der Waals surface area contributed by atoms with Gasteiger partial charge in [0.25, 0.3) is 5.91 Å². The molecule has 27 heavy (non-hydrogen) atoms. The molecule has 2 saturated heterocycles. The topological polar surface area (TPSA) is 51.0 Å². The van der Waals surface area contributed by atoms with E-state index >= 15 is 0 Å². The summed E-state index contributed by atoms with van der Waals surface area (Å²) in [6, 6.07) is 19.2. The fraction of sp³-hybridized carbons (Fsp3) is 0.318. The van der Waals surface area contributed by atoms with Gasteiger partial charge in [0.2, 0.25) is 0 Å². The van der Waals surface area contributed by atoms with E-state index in [0.29, 0.717) is 18.1 Å². The minimum Gasteiger partial charge on any atom is -0.333 e. The van der Waals surface area contributed by atoms with Gasteiger partial charge in [-0.15, -0.1) is 0 Å². The minimum absolute atomic E-state index is 0.161. The molecule has 136 valence electrons. The van der Waals surface area contributed by atoms with E-state index in [1.165, 1.54) is 5.56 Å². The highest BCUT2D eigenvalue weighted by molar-refractivity contribution is 5.95. The molecule has 0 N–H and O–H groups in total. The third-order valence-electron chi connectivity index (χ3n) is 5.94. The summed E-state index contributed by atoms with van der Waals surface area (Å²) in [6.45, 7) is 0. The van der Waals surface area contributed by atoms with Gasteiger partial charge in [0.15, 0.2) is 0 Å². The molecule has 5 heteroatoms. The number of aromatic nitrogens is 3. The lowest BCUT2D eigenvalue weighted by molar-refractivity contribution is 0.0512.